The second-order valence-corrected chi connectivity index (χ2v) is 7.74. The highest BCUT2D eigenvalue weighted by Gasteiger charge is 2.41. The first-order valence-electron chi connectivity index (χ1n) is 8.31. The number of benzene rings is 1. The molecular weight excluding hydrogens is 358 g/mol. The molecule has 3 rings (SSSR count). The average molecular weight is 380 g/mol. The maximum Gasteiger partial charge on any atom is 0.306 e. The van der Waals surface area contributed by atoms with Gasteiger partial charge in [0.05, 0.1) is 11.5 Å². The predicted molar refractivity (Wildman–Crippen MR) is 90.9 cm³/mol. The highest BCUT2D eigenvalue weighted by atomic mass is 79.9. The van der Waals surface area contributed by atoms with Gasteiger partial charge in [-0.05, 0) is 62.6 Å². The van der Waals surface area contributed by atoms with Crippen molar-refractivity contribution in [1.29, 1.82) is 0 Å². The molecule has 23 heavy (non-hydrogen) atoms. The standard InChI is InChI=1S/C18H22BrNO3/c19-15-4-1-3-14(11-15)18(9-2-10-18)20-16(21)12-5-7-13(8-6-12)17(22)23/h1,3-4,11-13H,2,5-10H2,(H,20,21)(H,22,23). The van der Waals surface area contributed by atoms with Crippen LogP contribution < -0.4 is 5.32 Å². The van der Waals surface area contributed by atoms with Crippen molar-refractivity contribution in [3.8, 4) is 0 Å². The van der Waals surface area contributed by atoms with E-state index in [0.717, 1.165) is 29.3 Å². The third-order valence-corrected chi connectivity index (χ3v) is 5.89. The Morgan fingerprint density at radius 2 is 1.78 bits per heavy atom. The Balaban J connectivity index is 1.66. The zero-order chi connectivity index (χ0) is 16.4. The Morgan fingerprint density at radius 3 is 2.30 bits per heavy atom. The van der Waals surface area contributed by atoms with Crippen molar-refractivity contribution in [1.82, 2.24) is 5.32 Å². The van der Waals surface area contributed by atoms with E-state index >= 15 is 0 Å². The van der Waals surface area contributed by atoms with E-state index in [0.29, 0.717) is 25.7 Å². The lowest BCUT2D eigenvalue weighted by Crippen LogP contribution is -2.52. The molecule has 2 aliphatic carbocycles. The minimum absolute atomic E-state index is 0.0461. The maximum atomic E-state index is 12.7. The summed E-state index contributed by atoms with van der Waals surface area (Å²) in [6.07, 6.45) is 5.64. The lowest BCUT2D eigenvalue weighted by atomic mass is 9.71. The molecule has 1 amide bonds. The fourth-order valence-electron chi connectivity index (χ4n) is 3.74. The van der Waals surface area contributed by atoms with Gasteiger partial charge >= 0.3 is 5.97 Å². The number of nitrogens with one attached hydrogen (secondary N) is 1. The van der Waals surface area contributed by atoms with E-state index in [2.05, 4.69) is 33.4 Å². The molecule has 124 valence electrons. The molecular formula is C18H22BrNO3. The Hall–Kier alpha value is -1.36. The summed E-state index contributed by atoms with van der Waals surface area (Å²) in [5.41, 5.74) is 0.926. The molecule has 0 radical (unpaired) electrons. The van der Waals surface area contributed by atoms with Crippen LogP contribution in [0.5, 0.6) is 0 Å². The molecule has 0 aromatic heterocycles. The van der Waals surface area contributed by atoms with Gasteiger partial charge in [0.2, 0.25) is 5.91 Å². The van der Waals surface area contributed by atoms with E-state index in [1.807, 2.05) is 12.1 Å². The van der Waals surface area contributed by atoms with Crippen molar-refractivity contribution in [2.24, 2.45) is 11.8 Å². The van der Waals surface area contributed by atoms with Gasteiger partial charge in [-0.3, -0.25) is 9.59 Å². The third kappa shape index (κ3) is 3.44. The van der Waals surface area contributed by atoms with Crippen molar-refractivity contribution < 1.29 is 14.7 Å². The third-order valence-electron chi connectivity index (χ3n) is 5.39. The number of hydrogen-bond acceptors (Lipinski definition) is 2. The van der Waals surface area contributed by atoms with E-state index in [1.165, 1.54) is 0 Å². The van der Waals surface area contributed by atoms with Crippen LogP contribution in [-0.2, 0) is 15.1 Å². The zero-order valence-electron chi connectivity index (χ0n) is 13.1. The van der Waals surface area contributed by atoms with Gasteiger partial charge in [-0.1, -0.05) is 28.1 Å². The Labute approximate surface area is 144 Å². The van der Waals surface area contributed by atoms with Gasteiger partial charge in [0.1, 0.15) is 0 Å². The first kappa shape index (κ1) is 16.5. The Morgan fingerprint density at radius 1 is 1.13 bits per heavy atom. The lowest BCUT2D eigenvalue weighted by molar-refractivity contribution is -0.144. The molecule has 0 unspecified atom stereocenters. The first-order chi connectivity index (χ1) is 11.0. The molecule has 2 aliphatic rings. The number of carbonyl (C=O) groups excluding carboxylic acids is 1. The van der Waals surface area contributed by atoms with E-state index in [4.69, 9.17) is 5.11 Å². The van der Waals surface area contributed by atoms with Crippen molar-refractivity contribution in [3.05, 3.63) is 34.3 Å². The predicted octanol–water partition coefficient (Wildman–Crippen LogP) is 3.84. The Kier molecular flexibility index (Phi) is 4.76. The summed E-state index contributed by atoms with van der Waals surface area (Å²) in [4.78, 5) is 23.7. The molecule has 2 fully saturated rings. The van der Waals surface area contributed by atoms with E-state index in [9.17, 15) is 9.59 Å². The van der Waals surface area contributed by atoms with Crippen LogP contribution in [0.15, 0.2) is 28.7 Å². The summed E-state index contributed by atoms with van der Waals surface area (Å²) in [6, 6.07) is 8.15. The van der Waals surface area contributed by atoms with Crippen LogP contribution in [0.1, 0.15) is 50.5 Å². The van der Waals surface area contributed by atoms with Crippen LogP contribution in [-0.4, -0.2) is 17.0 Å². The van der Waals surface area contributed by atoms with Gasteiger partial charge in [-0.15, -0.1) is 0 Å². The Bertz CT molecular complexity index is 604. The number of carbonyl (C=O) groups is 2. The summed E-state index contributed by atoms with van der Waals surface area (Å²) >= 11 is 3.50. The highest BCUT2D eigenvalue weighted by molar-refractivity contribution is 9.10. The number of aliphatic carboxylic acids is 1. The summed E-state index contributed by atoms with van der Waals surface area (Å²) < 4.78 is 1.03. The molecule has 0 saturated heterocycles. The van der Waals surface area contributed by atoms with Crippen LogP contribution in [0.25, 0.3) is 0 Å². The maximum absolute atomic E-state index is 12.7. The van der Waals surface area contributed by atoms with Crippen LogP contribution >= 0.6 is 15.9 Å². The SMILES string of the molecule is O=C(O)C1CCC(C(=O)NC2(c3cccc(Br)c3)CCC2)CC1. The smallest absolute Gasteiger partial charge is 0.306 e. The lowest BCUT2D eigenvalue weighted by Gasteiger charge is -2.44. The van der Waals surface area contributed by atoms with Gasteiger partial charge in [0, 0.05) is 10.4 Å². The summed E-state index contributed by atoms with van der Waals surface area (Å²) in [5.74, 6) is -0.959. The molecule has 0 aliphatic heterocycles. The molecule has 2 saturated carbocycles. The van der Waals surface area contributed by atoms with E-state index < -0.39 is 5.97 Å². The van der Waals surface area contributed by atoms with Gasteiger partial charge < -0.3 is 10.4 Å². The average Bonchev–Trinajstić information content (AvgIpc) is 2.50. The van der Waals surface area contributed by atoms with Crippen molar-refractivity contribution >= 4 is 27.8 Å². The molecule has 1 aromatic carbocycles. The quantitative estimate of drug-likeness (QED) is 0.834. The topological polar surface area (TPSA) is 66.4 Å². The fourth-order valence-corrected chi connectivity index (χ4v) is 4.14. The summed E-state index contributed by atoms with van der Waals surface area (Å²) in [5, 5.41) is 12.3. The molecule has 5 heteroatoms. The van der Waals surface area contributed by atoms with Crippen molar-refractivity contribution in [2.75, 3.05) is 0 Å². The minimum atomic E-state index is -0.728. The molecule has 2 N–H and O–H groups in total. The molecule has 0 spiro atoms. The highest BCUT2D eigenvalue weighted by Crippen LogP contribution is 2.42. The second-order valence-electron chi connectivity index (χ2n) is 6.82. The number of carboxylic acids is 1. The zero-order valence-corrected chi connectivity index (χ0v) is 14.6. The summed E-state index contributed by atoms with van der Waals surface area (Å²) in [6.45, 7) is 0. The second kappa shape index (κ2) is 6.63. The molecule has 0 atom stereocenters. The van der Waals surface area contributed by atoms with Crippen LogP contribution in [0, 0.1) is 11.8 Å². The fraction of sp³-hybridized carbons (Fsp3) is 0.556. The van der Waals surface area contributed by atoms with E-state index in [1.54, 1.807) is 0 Å². The number of hydrogen-bond donors (Lipinski definition) is 2. The van der Waals surface area contributed by atoms with Gasteiger partial charge in [0.25, 0.3) is 0 Å². The number of halogens is 1. The summed E-state index contributed by atoms with van der Waals surface area (Å²) in [7, 11) is 0. The number of rotatable bonds is 4. The molecule has 0 heterocycles. The molecule has 1 aromatic rings. The van der Waals surface area contributed by atoms with Crippen LogP contribution in [0.2, 0.25) is 0 Å². The molecule has 0 bridgehead atoms. The van der Waals surface area contributed by atoms with Crippen molar-refractivity contribution in [3.63, 3.8) is 0 Å². The van der Waals surface area contributed by atoms with Gasteiger partial charge in [-0.2, -0.15) is 0 Å². The number of amides is 1. The first-order valence-corrected chi connectivity index (χ1v) is 9.10. The molecule has 4 nitrogen and oxygen atoms in total. The van der Waals surface area contributed by atoms with Crippen LogP contribution in [0.4, 0.5) is 0 Å². The number of carboxylic acid groups (broad SMARTS) is 1. The van der Waals surface area contributed by atoms with Crippen LogP contribution in [0.3, 0.4) is 0 Å². The van der Waals surface area contributed by atoms with E-state index in [-0.39, 0.29) is 23.3 Å². The largest absolute Gasteiger partial charge is 0.481 e. The van der Waals surface area contributed by atoms with Gasteiger partial charge in [-0.25, -0.2) is 0 Å². The monoisotopic (exact) mass is 379 g/mol. The minimum Gasteiger partial charge on any atom is -0.481 e. The van der Waals surface area contributed by atoms with Crippen molar-refractivity contribution in [2.45, 2.75) is 50.5 Å². The van der Waals surface area contributed by atoms with Gasteiger partial charge in [0.15, 0.2) is 0 Å². The normalized spacial score (nSPS) is 26.1.